The summed E-state index contributed by atoms with van der Waals surface area (Å²) in [6, 6.07) is 11.1. The van der Waals surface area contributed by atoms with Crippen molar-refractivity contribution in [2.24, 2.45) is 0 Å². The Morgan fingerprint density at radius 2 is 1.91 bits per heavy atom. The lowest BCUT2D eigenvalue weighted by molar-refractivity contribution is 0.0930. The largest absolute Gasteiger partial charge is 0.378 e. The minimum atomic E-state index is -0.985. The zero-order valence-corrected chi connectivity index (χ0v) is 20.6. The van der Waals surface area contributed by atoms with Crippen molar-refractivity contribution in [1.82, 2.24) is 4.90 Å². The summed E-state index contributed by atoms with van der Waals surface area (Å²) in [5.74, 6) is 5.62. The van der Waals surface area contributed by atoms with Gasteiger partial charge in [0.1, 0.15) is 11.4 Å². The molecule has 1 fully saturated rings. The van der Waals surface area contributed by atoms with Crippen LogP contribution in [0.5, 0.6) is 0 Å². The Labute approximate surface area is 202 Å². The van der Waals surface area contributed by atoms with Crippen LogP contribution in [0.4, 0.5) is 15.8 Å². The van der Waals surface area contributed by atoms with Crippen molar-refractivity contribution in [3.8, 4) is 11.8 Å². The number of hydrogen-bond donors (Lipinski definition) is 1. The van der Waals surface area contributed by atoms with E-state index in [1.807, 2.05) is 32.0 Å². The van der Waals surface area contributed by atoms with Gasteiger partial charge >= 0.3 is 0 Å². The molecule has 0 aromatic heterocycles. The molecule has 1 N–H and O–H groups in total. The summed E-state index contributed by atoms with van der Waals surface area (Å²) in [4.78, 5) is 19.1. The van der Waals surface area contributed by atoms with Gasteiger partial charge in [-0.2, -0.15) is 0 Å². The number of halogens is 1. The topological polar surface area (TPSA) is 47.0 Å². The molecule has 1 amide bonds. The minimum absolute atomic E-state index is 0.125. The first-order valence-electron chi connectivity index (χ1n) is 12.2. The van der Waals surface area contributed by atoms with Crippen molar-refractivity contribution >= 4 is 17.3 Å². The molecule has 0 bridgehead atoms. The number of hydrogen-bond acceptors (Lipinski definition) is 4. The summed E-state index contributed by atoms with van der Waals surface area (Å²) >= 11 is 0. The Morgan fingerprint density at radius 1 is 1.15 bits per heavy atom. The highest BCUT2D eigenvalue weighted by molar-refractivity contribution is 6.08. The van der Waals surface area contributed by atoms with E-state index < -0.39 is 5.60 Å². The zero-order valence-electron chi connectivity index (χ0n) is 20.6. The number of aliphatic hydroxyl groups is 1. The second-order valence-corrected chi connectivity index (χ2v) is 9.56. The van der Waals surface area contributed by atoms with Crippen molar-refractivity contribution < 1.29 is 14.3 Å². The summed E-state index contributed by atoms with van der Waals surface area (Å²) in [5, 5.41) is 10.4. The predicted molar refractivity (Wildman–Crippen MR) is 135 cm³/mol. The lowest BCUT2D eigenvalue weighted by atomic mass is 9.95. The predicted octanol–water partition coefficient (Wildman–Crippen LogP) is 4.07. The van der Waals surface area contributed by atoms with Crippen LogP contribution in [0.2, 0.25) is 0 Å². The van der Waals surface area contributed by atoms with Gasteiger partial charge in [0.25, 0.3) is 5.91 Å². The summed E-state index contributed by atoms with van der Waals surface area (Å²) in [6.45, 7) is 5.95. The van der Waals surface area contributed by atoms with E-state index >= 15 is 4.39 Å². The molecule has 1 saturated heterocycles. The molecule has 4 rings (SSSR count). The van der Waals surface area contributed by atoms with Gasteiger partial charge in [-0.3, -0.25) is 4.79 Å². The molecule has 0 saturated carbocycles. The van der Waals surface area contributed by atoms with Crippen LogP contribution in [0.15, 0.2) is 36.4 Å². The fourth-order valence-corrected chi connectivity index (χ4v) is 4.73. The van der Waals surface area contributed by atoms with Crippen molar-refractivity contribution in [3.63, 3.8) is 0 Å². The molecule has 2 aliphatic rings. The van der Waals surface area contributed by atoms with Crippen LogP contribution in [0.25, 0.3) is 0 Å². The molecule has 0 unspecified atom stereocenters. The van der Waals surface area contributed by atoms with E-state index in [-0.39, 0.29) is 11.7 Å². The Morgan fingerprint density at radius 3 is 2.56 bits per heavy atom. The molecule has 2 aromatic rings. The van der Waals surface area contributed by atoms with Crippen LogP contribution >= 0.6 is 0 Å². The number of likely N-dealkylation sites (N-methyl/N-ethyl adjacent to an activating group) is 1. The number of carbonyl (C=O) groups excluding carboxylic acids is 1. The van der Waals surface area contributed by atoms with Gasteiger partial charge in [0.15, 0.2) is 0 Å². The molecule has 0 spiro atoms. The third kappa shape index (κ3) is 4.82. The molecule has 2 heterocycles. The maximum Gasteiger partial charge on any atom is 0.258 e. The van der Waals surface area contributed by atoms with E-state index in [0.29, 0.717) is 48.8 Å². The minimum Gasteiger partial charge on any atom is -0.378 e. The molecular weight excluding hydrogens is 429 g/mol. The number of benzene rings is 2. The van der Waals surface area contributed by atoms with Crippen LogP contribution in [-0.4, -0.2) is 61.3 Å². The van der Waals surface area contributed by atoms with Gasteiger partial charge in [-0.1, -0.05) is 25.7 Å². The van der Waals surface area contributed by atoms with Gasteiger partial charge in [-0.25, -0.2) is 4.39 Å². The number of nitrogens with zero attached hydrogens (tertiary/aromatic N) is 3. The van der Waals surface area contributed by atoms with E-state index in [9.17, 15) is 9.90 Å². The van der Waals surface area contributed by atoms with E-state index in [1.165, 1.54) is 6.07 Å². The first-order valence-corrected chi connectivity index (χ1v) is 12.2. The van der Waals surface area contributed by atoms with Crippen LogP contribution in [0.3, 0.4) is 0 Å². The molecule has 34 heavy (non-hydrogen) atoms. The second kappa shape index (κ2) is 9.77. The molecule has 5 nitrogen and oxygen atoms in total. The highest BCUT2D eigenvalue weighted by Crippen LogP contribution is 2.31. The molecule has 2 aliphatic heterocycles. The average Bonchev–Trinajstić information content (AvgIpc) is 3.33. The van der Waals surface area contributed by atoms with Crippen LogP contribution in [0, 0.1) is 17.7 Å². The maximum absolute atomic E-state index is 15.1. The number of carbonyl (C=O) groups is 1. The summed E-state index contributed by atoms with van der Waals surface area (Å²) in [5.41, 5.74) is 2.54. The molecule has 180 valence electrons. The molecule has 0 aliphatic carbocycles. The van der Waals surface area contributed by atoms with E-state index in [2.05, 4.69) is 35.7 Å². The maximum atomic E-state index is 15.1. The molecule has 0 radical (unpaired) electrons. The fraction of sp³-hybridized carbons (Fsp3) is 0.464. The number of rotatable bonds is 5. The van der Waals surface area contributed by atoms with Crippen LogP contribution in [0.1, 0.15) is 54.6 Å². The first-order chi connectivity index (χ1) is 16.2. The van der Waals surface area contributed by atoms with Crippen molar-refractivity contribution in [3.05, 3.63) is 58.9 Å². The van der Waals surface area contributed by atoms with Crippen molar-refractivity contribution in [2.75, 3.05) is 43.5 Å². The normalized spacial score (nSPS) is 18.2. The quantitative estimate of drug-likeness (QED) is 0.679. The van der Waals surface area contributed by atoms with Gasteiger partial charge < -0.3 is 19.8 Å². The standard InChI is InChI=1S/C28H34FN3O2/c1-5-28(34,6-2)14-11-20-7-9-24-21(17-20)12-16-32(27(24)33)22-8-10-26(25(29)18-22)31-15-13-23(19-31)30(3)4/h7-10,17-18,23,34H,5-6,12-13,15-16,19H2,1-4H3/t23-/m1/s1. The van der Waals surface area contributed by atoms with Crippen molar-refractivity contribution in [2.45, 2.75) is 51.2 Å². The smallest absolute Gasteiger partial charge is 0.258 e. The molecule has 2 aromatic carbocycles. The third-order valence-electron chi connectivity index (χ3n) is 7.27. The van der Waals surface area contributed by atoms with E-state index in [1.54, 1.807) is 17.0 Å². The number of anilines is 2. The second-order valence-electron chi connectivity index (χ2n) is 9.56. The third-order valence-corrected chi connectivity index (χ3v) is 7.27. The lowest BCUT2D eigenvalue weighted by Gasteiger charge is -2.29. The Balaban J connectivity index is 1.52. The van der Waals surface area contributed by atoms with Crippen molar-refractivity contribution in [1.29, 1.82) is 0 Å². The average molecular weight is 464 g/mol. The van der Waals surface area contributed by atoms with E-state index in [0.717, 1.165) is 30.6 Å². The van der Waals surface area contributed by atoms with Gasteiger partial charge in [0.05, 0.1) is 5.69 Å². The zero-order chi connectivity index (χ0) is 24.5. The molecular formula is C28H34FN3O2. The number of fused-ring (bicyclic) bond motifs is 1. The van der Waals surface area contributed by atoms with Crippen LogP contribution in [-0.2, 0) is 6.42 Å². The van der Waals surface area contributed by atoms with Gasteiger partial charge in [0.2, 0.25) is 0 Å². The highest BCUT2D eigenvalue weighted by Gasteiger charge is 2.29. The molecule has 6 heteroatoms. The monoisotopic (exact) mass is 463 g/mol. The number of amides is 1. The summed E-state index contributed by atoms with van der Waals surface area (Å²) < 4.78 is 15.1. The highest BCUT2D eigenvalue weighted by atomic mass is 19.1. The Kier molecular flexibility index (Phi) is 6.97. The van der Waals surface area contributed by atoms with Gasteiger partial charge in [-0.15, -0.1) is 0 Å². The Hall–Kier alpha value is -2.88. The lowest BCUT2D eigenvalue weighted by Crippen LogP contribution is -2.37. The molecule has 1 atom stereocenters. The van der Waals surface area contributed by atoms with Gasteiger partial charge in [-0.05, 0) is 81.7 Å². The van der Waals surface area contributed by atoms with E-state index in [4.69, 9.17) is 0 Å². The summed E-state index contributed by atoms with van der Waals surface area (Å²) in [6.07, 6.45) is 2.82. The SMILES string of the molecule is CCC(O)(C#Cc1ccc2c(c1)CCN(c1ccc(N3CC[C@@H](N(C)C)C3)c(F)c1)C2=O)CC. The summed E-state index contributed by atoms with van der Waals surface area (Å²) in [7, 11) is 4.11. The first kappa shape index (κ1) is 24.3. The van der Waals surface area contributed by atoms with Gasteiger partial charge in [0, 0.05) is 42.5 Å². The fourth-order valence-electron chi connectivity index (χ4n) is 4.73. The Bertz CT molecular complexity index is 1130. The van der Waals surface area contributed by atoms with Crippen LogP contribution < -0.4 is 9.80 Å².